The Hall–Kier alpha value is -2.57. The highest BCUT2D eigenvalue weighted by atomic mass is 16.5. The molecule has 112 valence electrons. The van der Waals surface area contributed by atoms with Gasteiger partial charge in [-0.1, -0.05) is 17.3 Å². The molecule has 0 saturated heterocycles. The molecule has 0 bridgehead atoms. The smallest absolute Gasteiger partial charge is 0.223 e. The van der Waals surface area contributed by atoms with Crippen LogP contribution in [-0.4, -0.2) is 30.3 Å². The van der Waals surface area contributed by atoms with Gasteiger partial charge in [-0.05, 0) is 17.7 Å². The lowest BCUT2D eigenvalue weighted by atomic mass is 10.2. The van der Waals surface area contributed by atoms with Crippen molar-refractivity contribution in [1.29, 1.82) is 0 Å². The second-order valence-electron chi connectivity index (χ2n) is 4.36. The first kappa shape index (κ1) is 14.8. The van der Waals surface area contributed by atoms with E-state index >= 15 is 0 Å². The molecule has 2 aromatic rings. The fourth-order valence-corrected chi connectivity index (χ4v) is 1.76. The third-order valence-corrected chi connectivity index (χ3v) is 2.80. The number of aliphatic imine (C=N–C) groups is 1. The van der Waals surface area contributed by atoms with Gasteiger partial charge in [0.25, 0.3) is 0 Å². The third kappa shape index (κ3) is 4.48. The van der Waals surface area contributed by atoms with E-state index in [9.17, 15) is 0 Å². The maximum atomic E-state index is 5.20. The minimum atomic E-state index is 0.453. The molecule has 0 amide bonds. The van der Waals surface area contributed by atoms with Gasteiger partial charge in [0.2, 0.25) is 5.89 Å². The number of ether oxygens (including phenoxy) is 1. The van der Waals surface area contributed by atoms with Crippen molar-refractivity contribution in [2.45, 2.75) is 20.0 Å². The SMILES string of the molecule is CN=C(NCc1cccc(OC)c1)NCc1noc(C)n1. The van der Waals surface area contributed by atoms with Crippen molar-refractivity contribution in [1.82, 2.24) is 20.8 Å². The van der Waals surface area contributed by atoms with Crippen LogP contribution in [-0.2, 0) is 13.1 Å². The lowest BCUT2D eigenvalue weighted by Crippen LogP contribution is -2.36. The largest absolute Gasteiger partial charge is 0.497 e. The summed E-state index contributed by atoms with van der Waals surface area (Å²) in [6.07, 6.45) is 0. The Bertz CT molecular complexity index is 609. The summed E-state index contributed by atoms with van der Waals surface area (Å²) in [4.78, 5) is 8.26. The molecule has 21 heavy (non-hydrogen) atoms. The van der Waals surface area contributed by atoms with E-state index in [0.717, 1.165) is 11.3 Å². The number of aryl methyl sites for hydroxylation is 1. The summed E-state index contributed by atoms with van der Waals surface area (Å²) >= 11 is 0. The Morgan fingerprint density at radius 2 is 2.14 bits per heavy atom. The summed E-state index contributed by atoms with van der Waals surface area (Å²) in [5.74, 6) is 2.64. The summed E-state index contributed by atoms with van der Waals surface area (Å²) in [6, 6.07) is 7.86. The first-order valence-electron chi connectivity index (χ1n) is 6.58. The van der Waals surface area contributed by atoms with Gasteiger partial charge < -0.3 is 19.9 Å². The zero-order chi connectivity index (χ0) is 15.1. The molecule has 1 aromatic heterocycles. The quantitative estimate of drug-likeness (QED) is 0.636. The fraction of sp³-hybridized carbons (Fsp3) is 0.357. The molecule has 2 N–H and O–H groups in total. The number of benzene rings is 1. The zero-order valence-corrected chi connectivity index (χ0v) is 12.4. The van der Waals surface area contributed by atoms with Crippen molar-refractivity contribution in [2.75, 3.05) is 14.2 Å². The zero-order valence-electron chi connectivity index (χ0n) is 12.4. The van der Waals surface area contributed by atoms with Crippen molar-refractivity contribution in [3.63, 3.8) is 0 Å². The molecule has 0 aliphatic rings. The highest BCUT2D eigenvalue weighted by Gasteiger charge is 2.04. The maximum absolute atomic E-state index is 5.20. The van der Waals surface area contributed by atoms with Crippen molar-refractivity contribution in [3.8, 4) is 5.75 Å². The fourth-order valence-electron chi connectivity index (χ4n) is 1.76. The van der Waals surface area contributed by atoms with Gasteiger partial charge in [0.05, 0.1) is 13.7 Å². The molecular formula is C14H19N5O2. The van der Waals surface area contributed by atoms with Crippen LogP contribution in [0.5, 0.6) is 5.75 Å². The number of methoxy groups -OCH3 is 1. The summed E-state index contributed by atoms with van der Waals surface area (Å²) in [5, 5.41) is 10.1. The number of aromatic nitrogens is 2. The van der Waals surface area contributed by atoms with Crippen LogP contribution < -0.4 is 15.4 Å². The van der Waals surface area contributed by atoms with E-state index in [4.69, 9.17) is 9.26 Å². The Balaban J connectivity index is 1.84. The molecule has 0 radical (unpaired) electrons. The topological polar surface area (TPSA) is 84.6 Å². The summed E-state index contributed by atoms with van der Waals surface area (Å²) in [7, 11) is 3.36. The first-order chi connectivity index (χ1) is 10.2. The Kier molecular flexibility index (Phi) is 5.14. The molecule has 0 unspecified atom stereocenters. The molecule has 2 rings (SSSR count). The molecule has 0 fully saturated rings. The van der Waals surface area contributed by atoms with Crippen molar-refractivity contribution < 1.29 is 9.26 Å². The first-order valence-corrected chi connectivity index (χ1v) is 6.58. The van der Waals surface area contributed by atoms with E-state index in [0.29, 0.717) is 30.8 Å². The van der Waals surface area contributed by atoms with E-state index in [1.54, 1.807) is 21.1 Å². The predicted octanol–water partition coefficient (Wildman–Crippen LogP) is 1.25. The number of guanidine groups is 1. The van der Waals surface area contributed by atoms with Crippen LogP contribution in [0, 0.1) is 6.92 Å². The van der Waals surface area contributed by atoms with Crippen LogP contribution in [0.2, 0.25) is 0 Å². The lowest BCUT2D eigenvalue weighted by molar-refractivity contribution is 0.387. The van der Waals surface area contributed by atoms with E-state index in [-0.39, 0.29) is 0 Å². The number of hydrogen-bond acceptors (Lipinski definition) is 5. The molecule has 0 atom stereocenters. The van der Waals surface area contributed by atoms with Gasteiger partial charge in [-0.2, -0.15) is 4.98 Å². The van der Waals surface area contributed by atoms with Crippen LogP contribution >= 0.6 is 0 Å². The van der Waals surface area contributed by atoms with Gasteiger partial charge in [-0.3, -0.25) is 4.99 Å². The second-order valence-corrected chi connectivity index (χ2v) is 4.36. The third-order valence-electron chi connectivity index (χ3n) is 2.80. The average molecular weight is 289 g/mol. The summed E-state index contributed by atoms with van der Waals surface area (Å²) in [6.45, 7) is 2.85. The highest BCUT2D eigenvalue weighted by molar-refractivity contribution is 5.79. The Morgan fingerprint density at radius 3 is 2.81 bits per heavy atom. The van der Waals surface area contributed by atoms with Crippen LogP contribution in [0.25, 0.3) is 0 Å². The lowest BCUT2D eigenvalue weighted by Gasteiger charge is -2.11. The molecule has 0 saturated carbocycles. The van der Waals surface area contributed by atoms with E-state index < -0.39 is 0 Å². The average Bonchev–Trinajstić information content (AvgIpc) is 2.93. The van der Waals surface area contributed by atoms with Gasteiger partial charge in [-0.15, -0.1) is 0 Å². The van der Waals surface area contributed by atoms with Crippen molar-refractivity contribution >= 4 is 5.96 Å². The van der Waals surface area contributed by atoms with Crippen LogP contribution in [0.15, 0.2) is 33.8 Å². The minimum Gasteiger partial charge on any atom is -0.497 e. The predicted molar refractivity (Wildman–Crippen MR) is 79.1 cm³/mol. The number of nitrogens with one attached hydrogen (secondary N) is 2. The van der Waals surface area contributed by atoms with E-state index in [1.807, 2.05) is 24.3 Å². The molecule has 1 heterocycles. The normalized spacial score (nSPS) is 11.3. The minimum absolute atomic E-state index is 0.453. The molecular weight excluding hydrogens is 270 g/mol. The summed E-state index contributed by atoms with van der Waals surface area (Å²) < 4.78 is 10.1. The van der Waals surface area contributed by atoms with E-state index in [2.05, 4.69) is 25.8 Å². The summed E-state index contributed by atoms with van der Waals surface area (Å²) in [5.41, 5.74) is 1.10. The van der Waals surface area contributed by atoms with Crippen LogP contribution in [0.3, 0.4) is 0 Å². The van der Waals surface area contributed by atoms with Crippen molar-refractivity contribution in [3.05, 3.63) is 41.5 Å². The maximum Gasteiger partial charge on any atom is 0.223 e. The monoisotopic (exact) mass is 289 g/mol. The van der Waals surface area contributed by atoms with Crippen LogP contribution in [0.4, 0.5) is 0 Å². The molecule has 1 aromatic carbocycles. The molecule has 7 heteroatoms. The highest BCUT2D eigenvalue weighted by Crippen LogP contribution is 2.11. The number of hydrogen-bond donors (Lipinski definition) is 2. The molecule has 7 nitrogen and oxygen atoms in total. The van der Waals surface area contributed by atoms with Crippen LogP contribution in [0.1, 0.15) is 17.3 Å². The number of nitrogens with zero attached hydrogens (tertiary/aromatic N) is 3. The molecule has 0 aliphatic heterocycles. The van der Waals surface area contributed by atoms with Gasteiger partial charge >= 0.3 is 0 Å². The Morgan fingerprint density at radius 1 is 1.33 bits per heavy atom. The standard InChI is InChI=1S/C14H19N5O2/c1-10-18-13(19-21-10)9-17-14(15-2)16-8-11-5-4-6-12(7-11)20-3/h4-7H,8-9H2,1-3H3,(H2,15,16,17). The Labute approximate surface area is 123 Å². The van der Waals surface area contributed by atoms with Gasteiger partial charge in [-0.25, -0.2) is 0 Å². The second kappa shape index (κ2) is 7.28. The van der Waals surface area contributed by atoms with Gasteiger partial charge in [0.15, 0.2) is 11.8 Å². The molecule has 0 spiro atoms. The van der Waals surface area contributed by atoms with E-state index in [1.165, 1.54) is 0 Å². The number of rotatable bonds is 5. The van der Waals surface area contributed by atoms with Crippen molar-refractivity contribution in [2.24, 2.45) is 4.99 Å². The van der Waals surface area contributed by atoms with Gasteiger partial charge in [0.1, 0.15) is 5.75 Å². The molecule has 0 aliphatic carbocycles. The van der Waals surface area contributed by atoms with Gasteiger partial charge in [0, 0.05) is 20.5 Å².